The van der Waals surface area contributed by atoms with Crippen molar-refractivity contribution in [2.75, 3.05) is 17.8 Å². The maximum atomic E-state index is 14.1. The van der Waals surface area contributed by atoms with E-state index in [1.54, 1.807) is 13.2 Å². The van der Waals surface area contributed by atoms with Gasteiger partial charge in [-0.1, -0.05) is 50.1 Å². The third-order valence-corrected chi connectivity index (χ3v) is 5.86. The number of ether oxygens (including phenoxy) is 1. The van der Waals surface area contributed by atoms with Gasteiger partial charge in [0.15, 0.2) is 0 Å². The second kappa shape index (κ2) is 7.19. The zero-order valence-corrected chi connectivity index (χ0v) is 14.9. The number of methoxy groups -OCH3 is 1. The molecule has 0 atom stereocenters. The van der Waals surface area contributed by atoms with Crippen molar-refractivity contribution >= 4 is 31.9 Å². The third kappa shape index (κ3) is 4.27. The Bertz CT molecular complexity index is 403. The maximum Gasteiger partial charge on any atom is 0.127 e. The molecule has 4 heteroatoms. The van der Waals surface area contributed by atoms with Gasteiger partial charge in [-0.2, -0.15) is 0 Å². The average Bonchev–Trinajstić information content (AvgIpc) is 2.42. The Kier molecular flexibility index (Phi) is 6.48. The molecular formula is C15H21Br2FO. The fourth-order valence-electron chi connectivity index (χ4n) is 1.98. The normalized spacial score (nSPS) is 12.7. The van der Waals surface area contributed by atoms with Crippen molar-refractivity contribution in [1.29, 1.82) is 0 Å². The van der Waals surface area contributed by atoms with Crippen LogP contribution in [0.2, 0.25) is 0 Å². The van der Waals surface area contributed by atoms with Crippen LogP contribution in [-0.4, -0.2) is 23.4 Å². The SMILES string of the molecule is COC(C)(C)CCC(CBr)(CBr)c1ccccc1F. The molecule has 0 radical (unpaired) electrons. The molecule has 0 aliphatic carbocycles. The van der Waals surface area contributed by atoms with Gasteiger partial charge in [-0.15, -0.1) is 0 Å². The van der Waals surface area contributed by atoms with Crippen LogP contribution in [0.25, 0.3) is 0 Å². The van der Waals surface area contributed by atoms with E-state index >= 15 is 0 Å². The Morgan fingerprint density at radius 3 is 2.16 bits per heavy atom. The molecule has 0 N–H and O–H groups in total. The van der Waals surface area contributed by atoms with E-state index in [-0.39, 0.29) is 16.8 Å². The van der Waals surface area contributed by atoms with E-state index in [0.29, 0.717) is 10.7 Å². The van der Waals surface area contributed by atoms with Gasteiger partial charge in [0.25, 0.3) is 0 Å². The molecule has 0 unspecified atom stereocenters. The third-order valence-electron chi connectivity index (χ3n) is 3.72. The minimum absolute atomic E-state index is 0.142. The molecule has 108 valence electrons. The summed E-state index contributed by atoms with van der Waals surface area (Å²) in [5, 5.41) is 1.43. The van der Waals surface area contributed by atoms with Crippen LogP contribution in [0.15, 0.2) is 24.3 Å². The Labute approximate surface area is 132 Å². The van der Waals surface area contributed by atoms with E-state index in [4.69, 9.17) is 4.74 Å². The van der Waals surface area contributed by atoms with Gasteiger partial charge >= 0.3 is 0 Å². The Hall–Kier alpha value is 0.0700. The molecule has 19 heavy (non-hydrogen) atoms. The summed E-state index contributed by atoms with van der Waals surface area (Å²) in [4.78, 5) is 0. The van der Waals surface area contributed by atoms with Crippen LogP contribution >= 0.6 is 31.9 Å². The quantitative estimate of drug-likeness (QED) is 0.586. The topological polar surface area (TPSA) is 9.23 Å². The van der Waals surface area contributed by atoms with Gasteiger partial charge in [-0.3, -0.25) is 0 Å². The molecule has 0 aliphatic heterocycles. The molecule has 0 aliphatic rings. The second-order valence-corrected chi connectivity index (χ2v) is 6.61. The highest BCUT2D eigenvalue weighted by Gasteiger charge is 2.34. The molecule has 0 heterocycles. The zero-order chi connectivity index (χ0) is 14.5. The number of halogens is 3. The number of benzene rings is 1. The standard InChI is InChI=1S/C15H21Br2FO/c1-14(2,19-3)8-9-15(10-16,11-17)12-6-4-5-7-13(12)18/h4-7H,8-11H2,1-3H3. The Balaban J connectivity index is 3.01. The van der Waals surface area contributed by atoms with Crippen molar-refractivity contribution in [3.05, 3.63) is 35.6 Å². The zero-order valence-electron chi connectivity index (χ0n) is 11.7. The Morgan fingerprint density at radius 1 is 1.11 bits per heavy atom. The highest BCUT2D eigenvalue weighted by molar-refractivity contribution is 9.09. The van der Waals surface area contributed by atoms with E-state index in [9.17, 15) is 4.39 Å². The monoisotopic (exact) mass is 394 g/mol. The molecule has 0 fully saturated rings. The lowest BCUT2D eigenvalue weighted by atomic mass is 9.78. The molecule has 1 nitrogen and oxygen atoms in total. The van der Waals surface area contributed by atoms with Crippen molar-refractivity contribution < 1.29 is 9.13 Å². The van der Waals surface area contributed by atoms with E-state index in [0.717, 1.165) is 18.4 Å². The molecule has 0 amide bonds. The predicted octanol–water partition coefficient (Wildman–Crippen LogP) is 5.06. The molecule has 1 rings (SSSR count). The first-order chi connectivity index (χ1) is 8.90. The lowest BCUT2D eigenvalue weighted by Crippen LogP contribution is -2.35. The number of hydrogen-bond acceptors (Lipinski definition) is 1. The highest BCUT2D eigenvalue weighted by Crippen LogP contribution is 2.37. The molecule has 1 aromatic carbocycles. The maximum absolute atomic E-state index is 14.1. The summed E-state index contributed by atoms with van der Waals surface area (Å²) in [6.07, 6.45) is 1.72. The van der Waals surface area contributed by atoms with E-state index in [1.807, 2.05) is 12.1 Å². The van der Waals surface area contributed by atoms with Crippen molar-refractivity contribution in [2.45, 2.75) is 37.7 Å². The molecule has 0 saturated carbocycles. The number of hydrogen-bond donors (Lipinski definition) is 0. The van der Waals surface area contributed by atoms with Crippen molar-refractivity contribution in [2.24, 2.45) is 0 Å². The first-order valence-electron chi connectivity index (χ1n) is 6.33. The smallest absolute Gasteiger partial charge is 0.127 e. The van der Waals surface area contributed by atoms with Gasteiger partial charge in [0.05, 0.1) is 5.60 Å². The molecule has 0 bridgehead atoms. The second-order valence-electron chi connectivity index (χ2n) is 5.49. The van der Waals surface area contributed by atoms with Gasteiger partial charge < -0.3 is 4.74 Å². The van der Waals surface area contributed by atoms with Crippen LogP contribution in [0.1, 0.15) is 32.3 Å². The van der Waals surface area contributed by atoms with Gasteiger partial charge in [0.1, 0.15) is 5.82 Å². The average molecular weight is 396 g/mol. The van der Waals surface area contributed by atoms with Crippen LogP contribution in [0.5, 0.6) is 0 Å². The first kappa shape index (κ1) is 17.1. The summed E-state index contributed by atoms with van der Waals surface area (Å²) in [7, 11) is 1.72. The highest BCUT2D eigenvalue weighted by atomic mass is 79.9. The summed E-state index contributed by atoms with van der Waals surface area (Å²) in [6.45, 7) is 4.11. The minimum atomic E-state index is -0.249. The number of rotatable bonds is 7. The van der Waals surface area contributed by atoms with Gasteiger partial charge in [0.2, 0.25) is 0 Å². The van der Waals surface area contributed by atoms with Crippen LogP contribution in [0.3, 0.4) is 0 Å². The van der Waals surface area contributed by atoms with Gasteiger partial charge in [0, 0.05) is 23.2 Å². The number of alkyl halides is 2. The Morgan fingerprint density at radius 2 is 1.68 bits per heavy atom. The first-order valence-corrected chi connectivity index (χ1v) is 8.57. The van der Waals surface area contributed by atoms with Crippen LogP contribution < -0.4 is 0 Å². The van der Waals surface area contributed by atoms with Gasteiger partial charge in [-0.25, -0.2) is 4.39 Å². The van der Waals surface area contributed by atoms with Gasteiger partial charge in [-0.05, 0) is 38.3 Å². The summed E-state index contributed by atoms with van der Waals surface area (Å²) >= 11 is 7.11. The minimum Gasteiger partial charge on any atom is -0.379 e. The molecule has 0 spiro atoms. The summed E-state index contributed by atoms with van der Waals surface area (Å²) in [5.41, 5.74) is 0.317. The van der Waals surface area contributed by atoms with Crippen molar-refractivity contribution in [1.82, 2.24) is 0 Å². The lowest BCUT2D eigenvalue weighted by molar-refractivity contribution is 0.0101. The fourth-order valence-corrected chi connectivity index (χ4v) is 4.08. The largest absolute Gasteiger partial charge is 0.379 e. The molecular weight excluding hydrogens is 375 g/mol. The van der Waals surface area contributed by atoms with Crippen molar-refractivity contribution in [3.8, 4) is 0 Å². The van der Waals surface area contributed by atoms with E-state index in [1.165, 1.54) is 6.07 Å². The van der Waals surface area contributed by atoms with Crippen LogP contribution in [-0.2, 0) is 10.2 Å². The van der Waals surface area contributed by atoms with E-state index < -0.39 is 0 Å². The predicted molar refractivity (Wildman–Crippen MR) is 86.0 cm³/mol. The van der Waals surface area contributed by atoms with Crippen molar-refractivity contribution in [3.63, 3.8) is 0 Å². The molecule has 0 aromatic heterocycles. The molecule has 1 aromatic rings. The summed E-state index contributed by atoms with van der Waals surface area (Å²) in [5.74, 6) is -0.142. The van der Waals surface area contributed by atoms with E-state index in [2.05, 4.69) is 45.7 Å². The van der Waals surface area contributed by atoms with Crippen LogP contribution in [0, 0.1) is 5.82 Å². The summed E-state index contributed by atoms with van der Waals surface area (Å²) < 4.78 is 19.6. The molecule has 0 saturated heterocycles. The fraction of sp³-hybridized carbons (Fsp3) is 0.600. The summed E-state index contributed by atoms with van der Waals surface area (Å²) in [6, 6.07) is 7.01. The van der Waals surface area contributed by atoms with Crippen LogP contribution in [0.4, 0.5) is 4.39 Å². The lowest BCUT2D eigenvalue weighted by Gasteiger charge is -2.34.